The van der Waals surface area contributed by atoms with E-state index in [1.165, 1.54) is 10.9 Å². The second kappa shape index (κ2) is 9.89. The number of hydrogen-bond donors (Lipinski definition) is 4. The molecular formula is C28H36N8. The van der Waals surface area contributed by atoms with Gasteiger partial charge in [0.25, 0.3) is 0 Å². The molecule has 4 N–H and O–H groups in total. The van der Waals surface area contributed by atoms with E-state index in [9.17, 15) is 0 Å². The van der Waals surface area contributed by atoms with Crippen LogP contribution in [0.15, 0.2) is 66.7 Å². The van der Waals surface area contributed by atoms with Gasteiger partial charge in [-0.3, -0.25) is 0 Å². The number of fused-ring (bicyclic) bond motifs is 2. The quantitative estimate of drug-likeness (QED) is 0.289. The number of nitrogens with one attached hydrogen (secondary N) is 4. The monoisotopic (exact) mass is 484 g/mol. The van der Waals surface area contributed by atoms with Gasteiger partial charge in [-0.15, -0.1) is 0 Å². The van der Waals surface area contributed by atoms with Gasteiger partial charge in [0.2, 0.25) is 5.95 Å². The van der Waals surface area contributed by atoms with Crippen molar-refractivity contribution >= 4 is 27.9 Å². The lowest BCUT2D eigenvalue weighted by atomic mass is 9.82. The Morgan fingerprint density at radius 3 is 2.75 bits per heavy atom. The van der Waals surface area contributed by atoms with Crippen LogP contribution in [0, 0.1) is 0 Å². The summed E-state index contributed by atoms with van der Waals surface area (Å²) < 4.78 is 2.15. The Balaban J connectivity index is 1.50. The lowest BCUT2D eigenvalue weighted by Gasteiger charge is -2.41. The minimum Gasteiger partial charge on any atom is -0.350 e. The number of hydrogen-bond acceptors (Lipinski definition) is 6. The van der Waals surface area contributed by atoms with E-state index < -0.39 is 0 Å². The Hall–Kier alpha value is -3.46. The van der Waals surface area contributed by atoms with E-state index in [1.807, 2.05) is 19.3 Å². The number of likely N-dealkylation sites (N-methyl/N-ethyl adjacent to an activating group) is 2. The van der Waals surface area contributed by atoms with Crippen LogP contribution in [0.25, 0.3) is 33.2 Å². The van der Waals surface area contributed by atoms with Crippen LogP contribution in [0.2, 0.25) is 0 Å². The molecule has 0 amide bonds. The molecule has 2 atom stereocenters. The van der Waals surface area contributed by atoms with E-state index in [0.29, 0.717) is 5.95 Å². The number of aromatic amines is 1. The first kappa shape index (κ1) is 24.2. The number of para-hydroxylation sites is 1. The number of nitrogens with zero attached hydrogens (tertiary/aromatic N) is 4. The first-order valence-corrected chi connectivity index (χ1v) is 12.6. The first-order chi connectivity index (χ1) is 17.4. The van der Waals surface area contributed by atoms with E-state index in [-0.39, 0.29) is 11.6 Å². The van der Waals surface area contributed by atoms with E-state index >= 15 is 0 Å². The molecule has 188 valence electrons. The van der Waals surface area contributed by atoms with Crippen molar-refractivity contribution in [3.8, 4) is 11.3 Å². The number of allylic oxidation sites excluding steroid dienone is 1. The van der Waals surface area contributed by atoms with Gasteiger partial charge in [0.05, 0.1) is 11.2 Å². The number of H-pyrrole nitrogens is 1. The maximum atomic E-state index is 5.01. The maximum absolute atomic E-state index is 5.01. The third kappa shape index (κ3) is 4.43. The maximum Gasteiger partial charge on any atom is 0.229 e. The molecule has 0 spiro atoms. The Kier molecular flexibility index (Phi) is 6.66. The number of aryl methyl sites for hydroxylation is 1. The third-order valence-electron chi connectivity index (χ3n) is 7.08. The van der Waals surface area contributed by atoms with E-state index in [0.717, 1.165) is 47.5 Å². The summed E-state index contributed by atoms with van der Waals surface area (Å²) in [5.41, 5.74) is 4.82. The minimum absolute atomic E-state index is 0.122. The zero-order valence-electron chi connectivity index (χ0n) is 21.8. The van der Waals surface area contributed by atoms with Gasteiger partial charge in [-0.05, 0) is 64.9 Å². The number of anilines is 1. The fraction of sp³-hybridized carbons (Fsp3) is 0.357. The smallest absolute Gasteiger partial charge is 0.229 e. The third-order valence-corrected chi connectivity index (χ3v) is 7.08. The number of aromatic nitrogens is 4. The summed E-state index contributed by atoms with van der Waals surface area (Å²) in [5.74, 6) is 0.572. The lowest BCUT2D eigenvalue weighted by molar-refractivity contribution is 0.274. The second-order valence-corrected chi connectivity index (χ2v) is 9.78. The van der Waals surface area contributed by atoms with Crippen molar-refractivity contribution in [1.29, 1.82) is 0 Å². The van der Waals surface area contributed by atoms with Crippen LogP contribution in [0.5, 0.6) is 0 Å². The van der Waals surface area contributed by atoms with Crippen LogP contribution in [0.3, 0.4) is 0 Å². The topological polar surface area (TPSA) is 85.8 Å². The van der Waals surface area contributed by atoms with E-state index in [4.69, 9.17) is 9.97 Å². The number of benzene rings is 1. The molecule has 0 bridgehead atoms. The molecule has 3 heterocycles. The highest BCUT2D eigenvalue weighted by molar-refractivity contribution is 6.02. The summed E-state index contributed by atoms with van der Waals surface area (Å²) in [7, 11) is 8.32. The second-order valence-electron chi connectivity index (χ2n) is 9.78. The van der Waals surface area contributed by atoms with Crippen LogP contribution >= 0.6 is 0 Å². The van der Waals surface area contributed by atoms with Crippen molar-refractivity contribution in [3.05, 3.63) is 66.7 Å². The van der Waals surface area contributed by atoms with Gasteiger partial charge in [0.1, 0.15) is 5.65 Å². The molecule has 0 fully saturated rings. The molecule has 1 aromatic carbocycles. The molecule has 36 heavy (non-hydrogen) atoms. The Morgan fingerprint density at radius 1 is 1.14 bits per heavy atom. The molecule has 0 radical (unpaired) electrons. The van der Waals surface area contributed by atoms with Crippen LogP contribution in [-0.2, 0) is 7.05 Å². The van der Waals surface area contributed by atoms with Gasteiger partial charge < -0.3 is 30.4 Å². The van der Waals surface area contributed by atoms with Crippen molar-refractivity contribution in [2.75, 3.05) is 39.5 Å². The standard InChI is InChI=1S/C28H36N8/c1-6-31-28(14-16-35(3)4)13-11-19(17-24(28)29-2)32-27-33-25(21-12-15-30-26(21)34-27)22-18-36(5)23-10-8-7-9-20(22)23/h7-13,15,17-18,24,29,31H,6,14,16H2,1-5H3,(H2,30,32,33,34). The molecule has 8 nitrogen and oxygen atoms in total. The van der Waals surface area contributed by atoms with Gasteiger partial charge in [-0.25, -0.2) is 4.98 Å². The summed E-state index contributed by atoms with van der Waals surface area (Å²) in [6, 6.07) is 10.6. The average molecular weight is 485 g/mol. The van der Waals surface area contributed by atoms with Gasteiger partial charge in [0.15, 0.2) is 0 Å². The van der Waals surface area contributed by atoms with E-state index in [1.54, 1.807) is 0 Å². The van der Waals surface area contributed by atoms with Crippen LogP contribution in [0.1, 0.15) is 13.3 Å². The van der Waals surface area contributed by atoms with Gasteiger partial charge >= 0.3 is 0 Å². The van der Waals surface area contributed by atoms with Gasteiger partial charge in [-0.1, -0.05) is 31.2 Å². The zero-order valence-corrected chi connectivity index (χ0v) is 21.8. The molecule has 0 aliphatic heterocycles. The van der Waals surface area contributed by atoms with Crippen molar-refractivity contribution in [2.24, 2.45) is 7.05 Å². The fourth-order valence-corrected chi connectivity index (χ4v) is 5.25. The molecule has 0 saturated carbocycles. The summed E-state index contributed by atoms with van der Waals surface area (Å²) in [5, 5.41) is 12.9. The highest BCUT2D eigenvalue weighted by atomic mass is 15.1. The van der Waals surface area contributed by atoms with Crippen LogP contribution in [0.4, 0.5) is 5.95 Å². The SMILES string of the molecule is CCNC1(CCN(C)C)C=CC(Nc2nc(-c3cn(C)c4ccccc34)c3cc[nH]c3n2)=CC1NC. The molecule has 3 aromatic heterocycles. The fourth-order valence-electron chi connectivity index (χ4n) is 5.25. The Morgan fingerprint density at radius 2 is 1.97 bits per heavy atom. The summed E-state index contributed by atoms with van der Waals surface area (Å²) in [4.78, 5) is 15.3. The molecule has 0 saturated heterocycles. The lowest BCUT2D eigenvalue weighted by Crippen LogP contribution is -2.59. The molecule has 5 rings (SSSR count). The van der Waals surface area contributed by atoms with Crippen LogP contribution in [-0.4, -0.2) is 70.2 Å². The summed E-state index contributed by atoms with van der Waals surface area (Å²) >= 11 is 0. The highest BCUT2D eigenvalue weighted by Crippen LogP contribution is 2.34. The van der Waals surface area contributed by atoms with Crippen molar-refractivity contribution in [3.63, 3.8) is 0 Å². The first-order valence-electron chi connectivity index (χ1n) is 12.6. The molecule has 8 heteroatoms. The molecule has 1 aliphatic rings. The van der Waals surface area contributed by atoms with Crippen molar-refractivity contribution in [1.82, 2.24) is 35.1 Å². The van der Waals surface area contributed by atoms with Crippen molar-refractivity contribution in [2.45, 2.75) is 24.9 Å². The molecule has 1 aliphatic carbocycles. The minimum atomic E-state index is -0.155. The predicted molar refractivity (Wildman–Crippen MR) is 149 cm³/mol. The normalized spacial score (nSPS) is 19.9. The number of rotatable bonds is 9. The Labute approximate surface area is 212 Å². The average Bonchev–Trinajstić information content (AvgIpc) is 3.48. The highest BCUT2D eigenvalue weighted by Gasteiger charge is 2.36. The van der Waals surface area contributed by atoms with Crippen molar-refractivity contribution < 1.29 is 0 Å². The summed E-state index contributed by atoms with van der Waals surface area (Å²) in [6.45, 7) is 4.05. The largest absolute Gasteiger partial charge is 0.350 e. The molecular weight excluding hydrogens is 448 g/mol. The molecule has 4 aromatic rings. The predicted octanol–water partition coefficient (Wildman–Crippen LogP) is 3.87. The van der Waals surface area contributed by atoms with Crippen LogP contribution < -0.4 is 16.0 Å². The summed E-state index contributed by atoms with van der Waals surface area (Å²) in [6.07, 6.45) is 11.7. The zero-order chi connectivity index (χ0) is 25.3. The Bertz CT molecular complexity index is 1430. The molecule has 2 unspecified atom stereocenters. The van der Waals surface area contributed by atoms with Gasteiger partial charge in [0, 0.05) is 53.0 Å². The van der Waals surface area contributed by atoms with E-state index in [2.05, 4.69) is 107 Å². The van der Waals surface area contributed by atoms with Gasteiger partial charge in [-0.2, -0.15) is 4.98 Å².